The van der Waals surface area contributed by atoms with Crippen molar-refractivity contribution in [2.75, 3.05) is 17.6 Å². The minimum absolute atomic E-state index is 0.0530. The number of anilines is 1. The molecule has 0 saturated heterocycles. The molecule has 2 heterocycles. The number of allylic oxidation sites excluding steroid dienone is 2. The second kappa shape index (κ2) is 7.36. The zero-order valence-electron chi connectivity index (χ0n) is 15.0. The first kappa shape index (κ1) is 18.8. The highest BCUT2D eigenvalue weighted by atomic mass is 32.2. The Bertz CT molecular complexity index is 977. The van der Waals surface area contributed by atoms with Crippen molar-refractivity contribution >= 4 is 33.4 Å². The molecule has 142 valence electrons. The van der Waals surface area contributed by atoms with Crippen LogP contribution in [0.25, 0.3) is 0 Å². The summed E-state index contributed by atoms with van der Waals surface area (Å²) in [5, 5.41) is 5.47. The highest BCUT2D eigenvalue weighted by molar-refractivity contribution is 7.90. The Morgan fingerprint density at radius 3 is 2.67 bits per heavy atom. The molecule has 0 spiro atoms. The van der Waals surface area contributed by atoms with Crippen LogP contribution in [-0.4, -0.2) is 49.3 Å². The van der Waals surface area contributed by atoms with Crippen LogP contribution >= 0.6 is 0 Å². The molecule has 8 nitrogen and oxygen atoms in total. The molecule has 3 rings (SSSR count). The van der Waals surface area contributed by atoms with Crippen molar-refractivity contribution in [3.05, 3.63) is 53.8 Å². The van der Waals surface area contributed by atoms with E-state index < -0.39 is 15.9 Å². The van der Waals surface area contributed by atoms with Gasteiger partial charge in [0.2, 0.25) is 0 Å². The first-order valence-corrected chi connectivity index (χ1v) is 10.1. The van der Waals surface area contributed by atoms with Gasteiger partial charge in [-0.2, -0.15) is 0 Å². The van der Waals surface area contributed by atoms with E-state index in [1.807, 2.05) is 13.8 Å². The number of hydrogen-bond acceptors (Lipinski definition) is 5. The Balaban J connectivity index is 1.88. The summed E-state index contributed by atoms with van der Waals surface area (Å²) in [4.78, 5) is 26.7. The van der Waals surface area contributed by atoms with Crippen LogP contribution in [0, 0.1) is 0 Å². The molecule has 0 unspecified atom stereocenters. The number of para-hydroxylation sites is 1. The summed E-state index contributed by atoms with van der Waals surface area (Å²) in [7, 11) is -3.60. The van der Waals surface area contributed by atoms with E-state index in [1.165, 1.54) is 6.08 Å². The van der Waals surface area contributed by atoms with Crippen LogP contribution in [0.15, 0.2) is 52.6 Å². The lowest BCUT2D eigenvalue weighted by Crippen LogP contribution is -2.41. The molecule has 0 fully saturated rings. The topological polar surface area (TPSA) is 108 Å². The maximum atomic E-state index is 12.8. The van der Waals surface area contributed by atoms with Crippen LogP contribution in [0.4, 0.5) is 5.69 Å². The molecule has 2 aliphatic rings. The number of benzene rings is 1. The van der Waals surface area contributed by atoms with Gasteiger partial charge in [-0.25, -0.2) is 8.42 Å². The Morgan fingerprint density at radius 1 is 1.19 bits per heavy atom. The zero-order valence-corrected chi connectivity index (χ0v) is 15.8. The molecular formula is C18H20N4O4S. The minimum atomic E-state index is -3.60. The van der Waals surface area contributed by atoms with Crippen molar-refractivity contribution in [2.24, 2.45) is 4.40 Å². The van der Waals surface area contributed by atoms with Gasteiger partial charge in [-0.15, -0.1) is 4.40 Å². The number of rotatable bonds is 4. The van der Waals surface area contributed by atoms with Gasteiger partial charge in [-0.05, 0) is 38.1 Å². The first-order chi connectivity index (χ1) is 12.8. The average Bonchev–Trinajstić information content (AvgIpc) is 2.60. The standard InChI is InChI=1S/C18H20N4O4S/c1-12(2)19-17(23)13-6-3-4-8-15(13)20-18(24)14-7-5-9-22-10-11-27(25,26)21-16(14)22/h3-9,12H,10-11H2,1-2H3,(H,19,23)(H,20,24). The molecule has 0 atom stereocenters. The number of sulfonamides is 1. The number of hydrogen-bond donors (Lipinski definition) is 2. The van der Waals surface area contributed by atoms with Crippen LogP contribution in [0.1, 0.15) is 24.2 Å². The Hall–Kier alpha value is -2.94. The fraction of sp³-hybridized carbons (Fsp3) is 0.278. The Morgan fingerprint density at radius 2 is 1.93 bits per heavy atom. The monoisotopic (exact) mass is 388 g/mol. The normalized spacial score (nSPS) is 17.7. The van der Waals surface area contributed by atoms with Crippen molar-refractivity contribution in [1.82, 2.24) is 10.2 Å². The lowest BCUT2D eigenvalue weighted by Gasteiger charge is -2.28. The van der Waals surface area contributed by atoms with Gasteiger partial charge in [0.1, 0.15) is 0 Å². The third-order valence-electron chi connectivity index (χ3n) is 3.94. The van der Waals surface area contributed by atoms with Gasteiger partial charge in [0.05, 0.1) is 22.6 Å². The smallest absolute Gasteiger partial charge is 0.259 e. The summed E-state index contributed by atoms with van der Waals surface area (Å²) in [6.07, 6.45) is 4.83. The molecule has 2 aliphatic heterocycles. The van der Waals surface area contributed by atoms with Crippen LogP contribution in [0.2, 0.25) is 0 Å². The number of carbonyl (C=O) groups excluding carboxylic acids is 2. The first-order valence-electron chi connectivity index (χ1n) is 8.46. The van der Waals surface area contributed by atoms with E-state index in [0.29, 0.717) is 11.3 Å². The predicted octanol–water partition coefficient (Wildman–Crippen LogP) is 1.26. The summed E-state index contributed by atoms with van der Waals surface area (Å²) in [6.45, 7) is 3.92. The van der Waals surface area contributed by atoms with E-state index in [-0.39, 0.29) is 35.7 Å². The van der Waals surface area contributed by atoms with Gasteiger partial charge in [-0.3, -0.25) is 9.59 Å². The number of amidine groups is 1. The van der Waals surface area contributed by atoms with E-state index in [4.69, 9.17) is 0 Å². The molecule has 0 aliphatic carbocycles. The maximum Gasteiger partial charge on any atom is 0.259 e. The fourth-order valence-electron chi connectivity index (χ4n) is 2.71. The van der Waals surface area contributed by atoms with E-state index in [2.05, 4.69) is 15.0 Å². The van der Waals surface area contributed by atoms with Gasteiger partial charge < -0.3 is 15.5 Å². The summed E-state index contributed by atoms with van der Waals surface area (Å²) in [5.41, 5.74) is 0.781. The SMILES string of the molecule is CC(C)NC(=O)c1ccccc1NC(=O)C1=CC=CN2CCS(=O)(=O)N=C12. The number of amides is 2. The average molecular weight is 388 g/mol. The van der Waals surface area contributed by atoms with Gasteiger partial charge in [0, 0.05) is 18.8 Å². The second-order valence-corrected chi connectivity index (χ2v) is 8.20. The molecule has 1 aromatic rings. The molecule has 27 heavy (non-hydrogen) atoms. The largest absolute Gasteiger partial charge is 0.350 e. The van der Waals surface area contributed by atoms with Crippen molar-refractivity contribution in [1.29, 1.82) is 0 Å². The number of carbonyl (C=O) groups is 2. The fourth-order valence-corrected chi connectivity index (χ4v) is 3.70. The van der Waals surface area contributed by atoms with Crippen LogP contribution < -0.4 is 10.6 Å². The molecule has 2 N–H and O–H groups in total. The summed E-state index contributed by atoms with van der Waals surface area (Å²) >= 11 is 0. The van der Waals surface area contributed by atoms with Crippen molar-refractivity contribution in [3.63, 3.8) is 0 Å². The molecule has 0 aromatic heterocycles. The molecule has 0 radical (unpaired) electrons. The second-order valence-electron chi connectivity index (χ2n) is 6.44. The van der Waals surface area contributed by atoms with E-state index >= 15 is 0 Å². The summed E-state index contributed by atoms with van der Waals surface area (Å²) in [6, 6.07) is 6.57. The Labute approximate surface area is 157 Å². The molecule has 9 heteroatoms. The van der Waals surface area contributed by atoms with E-state index in [1.54, 1.807) is 41.4 Å². The van der Waals surface area contributed by atoms with Crippen LogP contribution in [0.3, 0.4) is 0 Å². The summed E-state index contributed by atoms with van der Waals surface area (Å²) in [5.74, 6) is -0.860. The molecular weight excluding hydrogens is 368 g/mol. The van der Waals surface area contributed by atoms with Crippen LogP contribution in [0.5, 0.6) is 0 Å². The molecule has 2 amide bonds. The van der Waals surface area contributed by atoms with Crippen LogP contribution in [-0.2, 0) is 14.8 Å². The number of nitrogens with one attached hydrogen (secondary N) is 2. The number of fused-ring (bicyclic) bond motifs is 1. The zero-order chi connectivity index (χ0) is 19.6. The third-order valence-corrected chi connectivity index (χ3v) is 5.09. The third kappa shape index (κ3) is 4.25. The minimum Gasteiger partial charge on any atom is -0.350 e. The van der Waals surface area contributed by atoms with Gasteiger partial charge >= 0.3 is 0 Å². The molecule has 0 saturated carbocycles. The van der Waals surface area contributed by atoms with E-state index in [0.717, 1.165) is 0 Å². The van der Waals surface area contributed by atoms with Gasteiger partial charge in [-0.1, -0.05) is 12.1 Å². The molecule has 0 bridgehead atoms. The van der Waals surface area contributed by atoms with Gasteiger partial charge in [0.15, 0.2) is 5.84 Å². The number of nitrogens with zero attached hydrogens (tertiary/aromatic N) is 2. The molecule has 1 aromatic carbocycles. The van der Waals surface area contributed by atoms with Crippen molar-refractivity contribution in [3.8, 4) is 0 Å². The Kier molecular flexibility index (Phi) is 5.13. The lowest BCUT2D eigenvalue weighted by molar-refractivity contribution is -0.112. The van der Waals surface area contributed by atoms with E-state index in [9.17, 15) is 18.0 Å². The predicted molar refractivity (Wildman–Crippen MR) is 103 cm³/mol. The highest BCUT2D eigenvalue weighted by Gasteiger charge is 2.30. The van der Waals surface area contributed by atoms with Crippen molar-refractivity contribution in [2.45, 2.75) is 19.9 Å². The maximum absolute atomic E-state index is 12.8. The quantitative estimate of drug-likeness (QED) is 0.807. The summed E-state index contributed by atoms with van der Waals surface area (Å²) < 4.78 is 27.4. The van der Waals surface area contributed by atoms with Crippen molar-refractivity contribution < 1.29 is 18.0 Å². The van der Waals surface area contributed by atoms with Gasteiger partial charge in [0.25, 0.3) is 21.8 Å². The lowest BCUT2D eigenvalue weighted by atomic mass is 10.1. The highest BCUT2D eigenvalue weighted by Crippen LogP contribution is 2.21.